The number of imide groups is 1. The van der Waals surface area contributed by atoms with Gasteiger partial charge in [0.1, 0.15) is 0 Å². The summed E-state index contributed by atoms with van der Waals surface area (Å²) in [5, 5.41) is 12.9. The molecule has 0 saturated carbocycles. The highest BCUT2D eigenvalue weighted by molar-refractivity contribution is 6.05. The summed E-state index contributed by atoms with van der Waals surface area (Å²) in [5.41, 5.74) is 0.729. The lowest BCUT2D eigenvalue weighted by Crippen LogP contribution is -2.39. The summed E-state index contributed by atoms with van der Waals surface area (Å²) in [6, 6.07) is 4.90. The highest BCUT2D eigenvalue weighted by Gasteiger charge is 2.29. The number of rotatable bonds is 2. The van der Waals surface area contributed by atoms with Crippen LogP contribution in [0.5, 0.6) is 0 Å². The molecule has 2 aromatic rings. The molecule has 2 heterocycles. The Morgan fingerprint density at radius 2 is 2.14 bits per heavy atom. The molecule has 0 spiro atoms. The van der Waals surface area contributed by atoms with Gasteiger partial charge in [-0.05, 0) is 35.6 Å². The monoisotopic (exact) mass is 284 g/mol. The molecule has 1 aromatic carbocycles. The standard InChI is InChI=1S/C15H12N2O4/c18-13-2-1-11(14(19)17-13)8-5-9-7-16-4-3-10(9)12(6-8)15(20)21/h3-7,11H,1-2H2,(H,20,21)(H,17,18,19). The topological polar surface area (TPSA) is 96.4 Å². The van der Waals surface area contributed by atoms with Crippen molar-refractivity contribution < 1.29 is 19.5 Å². The van der Waals surface area contributed by atoms with Crippen LogP contribution in [0.1, 0.15) is 34.7 Å². The van der Waals surface area contributed by atoms with E-state index in [0.29, 0.717) is 22.8 Å². The van der Waals surface area contributed by atoms with Gasteiger partial charge in [0.05, 0.1) is 11.5 Å². The highest BCUT2D eigenvalue weighted by Crippen LogP contribution is 2.29. The van der Waals surface area contributed by atoms with Gasteiger partial charge >= 0.3 is 5.97 Å². The van der Waals surface area contributed by atoms with Crippen LogP contribution in [0.3, 0.4) is 0 Å². The molecule has 3 rings (SSSR count). The van der Waals surface area contributed by atoms with E-state index in [1.165, 1.54) is 12.3 Å². The van der Waals surface area contributed by atoms with E-state index in [2.05, 4.69) is 10.3 Å². The van der Waals surface area contributed by atoms with Crippen LogP contribution in [0.2, 0.25) is 0 Å². The first kappa shape index (κ1) is 13.2. The molecule has 0 aliphatic carbocycles. The number of aromatic nitrogens is 1. The summed E-state index contributed by atoms with van der Waals surface area (Å²) in [6.07, 6.45) is 3.73. The molecule has 6 nitrogen and oxygen atoms in total. The third-order valence-electron chi connectivity index (χ3n) is 3.65. The molecule has 6 heteroatoms. The predicted octanol–water partition coefficient (Wildman–Crippen LogP) is 1.45. The lowest BCUT2D eigenvalue weighted by molar-refractivity contribution is -0.134. The maximum absolute atomic E-state index is 11.9. The van der Waals surface area contributed by atoms with Gasteiger partial charge in [-0.15, -0.1) is 0 Å². The van der Waals surface area contributed by atoms with Crippen LogP contribution in [-0.2, 0) is 9.59 Å². The number of carboxylic acids is 1. The van der Waals surface area contributed by atoms with E-state index in [4.69, 9.17) is 0 Å². The first-order valence-corrected chi connectivity index (χ1v) is 6.51. The lowest BCUT2D eigenvalue weighted by Gasteiger charge is -2.21. The number of pyridine rings is 1. The second kappa shape index (κ2) is 4.97. The van der Waals surface area contributed by atoms with Crippen LogP contribution in [0, 0.1) is 0 Å². The normalized spacial score (nSPS) is 18.6. The Bertz CT molecular complexity index is 769. The summed E-state index contributed by atoms with van der Waals surface area (Å²) in [6.45, 7) is 0. The molecule has 1 aliphatic heterocycles. The average Bonchev–Trinajstić information content (AvgIpc) is 2.46. The minimum absolute atomic E-state index is 0.134. The number of fused-ring (bicyclic) bond motifs is 1. The van der Waals surface area contributed by atoms with Crippen LogP contribution in [0.4, 0.5) is 0 Å². The quantitative estimate of drug-likeness (QED) is 0.814. The van der Waals surface area contributed by atoms with E-state index in [0.717, 1.165) is 0 Å². The molecule has 1 unspecified atom stereocenters. The first-order valence-electron chi connectivity index (χ1n) is 6.51. The molecule has 106 valence electrons. The van der Waals surface area contributed by atoms with Crippen LogP contribution in [-0.4, -0.2) is 27.9 Å². The van der Waals surface area contributed by atoms with Gasteiger partial charge in [0, 0.05) is 24.2 Å². The van der Waals surface area contributed by atoms with E-state index in [-0.39, 0.29) is 23.8 Å². The third kappa shape index (κ3) is 2.35. The van der Waals surface area contributed by atoms with E-state index in [1.54, 1.807) is 18.3 Å². The Morgan fingerprint density at radius 3 is 2.86 bits per heavy atom. The van der Waals surface area contributed by atoms with Gasteiger partial charge in [0.2, 0.25) is 11.8 Å². The molecule has 0 bridgehead atoms. The van der Waals surface area contributed by atoms with Crippen LogP contribution >= 0.6 is 0 Å². The van der Waals surface area contributed by atoms with Gasteiger partial charge in [-0.3, -0.25) is 19.9 Å². The fraction of sp³-hybridized carbons (Fsp3) is 0.200. The average molecular weight is 284 g/mol. The van der Waals surface area contributed by atoms with Gasteiger partial charge in [-0.1, -0.05) is 0 Å². The Kier molecular flexibility index (Phi) is 3.13. The molecule has 1 aliphatic rings. The van der Waals surface area contributed by atoms with Crippen molar-refractivity contribution in [2.24, 2.45) is 0 Å². The van der Waals surface area contributed by atoms with Gasteiger partial charge in [-0.25, -0.2) is 4.79 Å². The zero-order valence-corrected chi connectivity index (χ0v) is 11.0. The van der Waals surface area contributed by atoms with Gasteiger partial charge < -0.3 is 5.11 Å². The van der Waals surface area contributed by atoms with Crippen molar-refractivity contribution >= 4 is 28.6 Å². The number of amides is 2. The SMILES string of the molecule is O=C1CCC(c2cc(C(=O)O)c3ccncc3c2)C(=O)N1. The second-order valence-electron chi connectivity index (χ2n) is 4.97. The molecule has 1 fully saturated rings. The number of carbonyl (C=O) groups excluding carboxylic acids is 2. The summed E-state index contributed by atoms with van der Waals surface area (Å²) in [5.74, 6) is -2.24. The van der Waals surface area contributed by atoms with Crippen LogP contribution in [0.15, 0.2) is 30.6 Å². The van der Waals surface area contributed by atoms with Crippen LogP contribution < -0.4 is 5.32 Å². The van der Waals surface area contributed by atoms with Crippen molar-refractivity contribution in [3.63, 3.8) is 0 Å². The maximum atomic E-state index is 11.9. The largest absolute Gasteiger partial charge is 0.478 e. The molecule has 1 aromatic heterocycles. The lowest BCUT2D eigenvalue weighted by atomic mass is 9.88. The molecule has 1 atom stereocenters. The van der Waals surface area contributed by atoms with E-state index in [1.807, 2.05) is 0 Å². The predicted molar refractivity (Wildman–Crippen MR) is 73.8 cm³/mol. The Labute approximate surface area is 119 Å². The number of carbonyl (C=O) groups is 3. The zero-order chi connectivity index (χ0) is 15.0. The fourth-order valence-corrected chi connectivity index (χ4v) is 2.62. The molecule has 0 radical (unpaired) electrons. The van der Waals surface area contributed by atoms with Crippen molar-refractivity contribution in [1.82, 2.24) is 10.3 Å². The molecular weight excluding hydrogens is 272 g/mol. The number of carboxylic acid groups (broad SMARTS) is 1. The number of hydrogen-bond donors (Lipinski definition) is 2. The summed E-state index contributed by atoms with van der Waals surface area (Å²) >= 11 is 0. The Balaban J connectivity index is 2.13. The van der Waals surface area contributed by atoms with Crippen molar-refractivity contribution in [2.75, 3.05) is 0 Å². The Hall–Kier alpha value is -2.76. The highest BCUT2D eigenvalue weighted by atomic mass is 16.4. The van der Waals surface area contributed by atoms with E-state index in [9.17, 15) is 19.5 Å². The molecular formula is C15H12N2O4. The number of hydrogen-bond acceptors (Lipinski definition) is 4. The smallest absolute Gasteiger partial charge is 0.336 e. The minimum atomic E-state index is -1.06. The van der Waals surface area contributed by atoms with Crippen molar-refractivity contribution in [2.45, 2.75) is 18.8 Å². The zero-order valence-electron chi connectivity index (χ0n) is 11.0. The Morgan fingerprint density at radius 1 is 1.33 bits per heavy atom. The van der Waals surface area contributed by atoms with E-state index < -0.39 is 11.9 Å². The van der Waals surface area contributed by atoms with Gasteiger partial charge in [-0.2, -0.15) is 0 Å². The molecule has 2 N–H and O–H groups in total. The second-order valence-corrected chi connectivity index (χ2v) is 4.97. The van der Waals surface area contributed by atoms with Crippen molar-refractivity contribution in [1.29, 1.82) is 0 Å². The number of piperidine rings is 1. The number of aromatic carboxylic acids is 1. The number of nitrogens with one attached hydrogen (secondary N) is 1. The van der Waals surface area contributed by atoms with Crippen LogP contribution in [0.25, 0.3) is 10.8 Å². The summed E-state index contributed by atoms with van der Waals surface area (Å²) < 4.78 is 0. The minimum Gasteiger partial charge on any atom is -0.478 e. The third-order valence-corrected chi connectivity index (χ3v) is 3.65. The number of benzene rings is 1. The van der Waals surface area contributed by atoms with E-state index >= 15 is 0 Å². The van der Waals surface area contributed by atoms with Crippen molar-refractivity contribution in [3.8, 4) is 0 Å². The molecule has 1 saturated heterocycles. The number of nitrogens with zero attached hydrogens (tertiary/aromatic N) is 1. The van der Waals surface area contributed by atoms with Crippen molar-refractivity contribution in [3.05, 3.63) is 41.7 Å². The fourth-order valence-electron chi connectivity index (χ4n) is 2.62. The molecule has 21 heavy (non-hydrogen) atoms. The van der Waals surface area contributed by atoms with Gasteiger partial charge in [0.25, 0.3) is 0 Å². The summed E-state index contributed by atoms with van der Waals surface area (Å²) in [4.78, 5) is 38.5. The maximum Gasteiger partial charge on any atom is 0.336 e. The van der Waals surface area contributed by atoms with Gasteiger partial charge in [0.15, 0.2) is 0 Å². The first-order chi connectivity index (χ1) is 10.1. The summed E-state index contributed by atoms with van der Waals surface area (Å²) in [7, 11) is 0. The molecule has 2 amide bonds.